The van der Waals surface area contributed by atoms with E-state index in [1.54, 1.807) is 6.92 Å². The highest BCUT2D eigenvalue weighted by Gasteiger charge is 2.20. The van der Waals surface area contributed by atoms with E-state index in [-0.39, 0.29) is 6.10 Å². The third-order valence-corrected chi connectivity index (χ3v) is 3.26. The lowest BCUT2D eigenvalue weighted by molar-refractivity contribution is 0.199. The van der Waals surface area contributed by atoms with Gasteiger partial charge in [-0.25, -0.2) is 0 Å². The molecular weight excluding hydrogens is 186 g/mol. The highest BCUT2D eigenvalue weighted by atomic mass is 16.3. The van der Waals surface area contributed by atoms with Gasteiger partial charge in [-0.05, 0) is 44.4 Å². The zero-order chi connectivity index (χ0) is 10.8. The van der Waals surface area contributed by atoms with Crippen LogP contribution < -0.4 is 4.90 Å². The average Bonchev–Trinajstić information content (AvgIpc) is 2.65. The van der Waals surface area contributed by atoms with Gasteiger partial charge in [0.1, 0.15) is 0 Å². The summed E-state index contributed by atoms with van der Waals surface area (Å²) in [6, 6.07) is 8.92. The molecule has 0 saturated carbocycles. The Morgan fingerprint density at radius 1 is 1.33 bits per heavy atom. The van der Waals surface area contributed by atoms with E-state index in [0.717, 1.165) is 12.1 Å². The summed E-state index contributed by atoms with van der Waals surface area (Å²) in [5, 5.41) is 9.42. The Morgan fingerprint density at radius 2 is 2.00 bits per heavy atom. The molecule has 0 spiro atoms. The molecule has 1 saturated heterocycles. The molecule has 1 aliphatic heterocycles. The van der Waals surface area contributed by atoms with Crippen LogP contribution in [0, 0.1) is 0 Å². The van der Waals surface area contributed by atoms with E-state index in [1.807, 2.05) is 12.1 Å². The minimum Gasteiger partial charge on any atom is -0.389 e. The van der Waals surface area contributed by atoms with Gasteiger partial charge in [-0.1, -0.05) is 12.1 Å². The van der Waals surface area contributed by atoms with Crippen molar-refractivity contribution in [2.24, 2.45) is 0 Å². The zero-order valence-corrected chi connectivity index (χ0v) is 9.48. The van der Waals surface area contributed by atoms with Gasteiger partial charge in [0.05, 0.1) is 6.10 Å². The predicted octanol–water partition coefficient (Wildman–Crippen LogP) is 2.73. The first-order chi connectivity index (χ1) is 7.18. The summed E-state index contributed by atoms with van der Waals surface area (Å²) in [6.07, 6.45) is 2.22. The van der Waals surface area contributed by atoms with Crippen molar-refractivity contribution < 1.29 is 5.11 Å². The highest BCUT2D eigenvalue weighted by Crippen LogP contribution is 2.26. The van der Waals surface area contributed by atoms with Crippen molar-refractivity contribution in [2.75, 3.05) is 11.4 Å². The molecule has 1 fully saturated rings. The number of aliphatic hydroxyl groups excluding tert-OH is 1. The molecule has 1 aromatic carbocycles. The Bertz CT molecular complexity index is 318. The topological polar surface area (TPSA) is 23.5 Å². The summed E-state index contributed by atoms with van der Waals surface area (Å²) in [6.45, 7) is 5.23. The second kappa shape index (κ2) is 4.23. The van der Waals surface area contributed by atoms with Crippen LogP contribution in [0.2, 0.25) is 0 Å². The number of anilines is 1. The van der Waals surface area contributed by atoms with Crippen molar-refractivity contribution in [1.82, 2.24) is 0 Å². The van der Waals surface area contributed by atoms with Crippen molar-refractivity contribution in [3.8, 4) is 0 Å². The first-order valence-corrected chi connectivity index (χ1v) is 5.73. The van der Waals surface area contributed by atoms with Crippen molar-refractivity contribution in [3.63, 3.8) is 0 Å². The van der Waals surface area contributed by atoms with Crippen LogP contribution in [-0.2, 0) is 0 Å². The highest BCUT2D eigenvalue weighted by molar-refractivity contribution is 5.49. The van der Waals surface area contributed by atoms with Crippen LogP contribution in [0.5, 0.6) is 0 Å². The summed E-state index contributed by atoms with van der Waals surface area (Å²) in [7, 11) is 0. The van der Waals surface area contributed by atoms with Crippen LogP contribution >= 0.6 is 0 Å². The third kappa shape index (κ3) is 2.15. The maximum Gasteiger partial charge on any atom is 0.0761 e. The standard InChI is InChI=1S/C13H19NO/c1-10-4-3-9-14(10)13-7-5-12(6-8-13)11(2)15/h5-8,10-11,15H,3-4,9H2,1-2H3/t10?,11-/m0/s1. The minimum atomic E-state index is -0.366. The fourth-order valence-electron chi connectivity index (χ4n) is 2.26. The molecule has 1 heterocycles. The SMILES string of the molecule is CC1CCCN1c1ccc([C@H](C)O)cc1. The summed E-state index contributed by atoms with van der Waals surface area (Å²) >= 11 is 0. The number of rotatable bonds is 2. The molecule has 2 rings (SSSR count). The average molecular weight is 205 g/mol. The summed E-state index contributed by atoms with van der Waals surface area (Å²) in [5.41, 5.74) is 2.27. The van der Waals surface area contributed by atoms with E-state index in [0.29, 0.717) is 6.04 Å². The van der Waals surface area contributed by atoms with E-state index in [1.165, 1.54) is 18.5 Å². The molecule has 82 valence electrons. The molecule has 2 nitrogen and oxygen atoms in total. The lowest BCUT2D eigenvalue weighted by atomic mass is 10.1. The van der Waals surface area contributed by atoms with Crippen LogP contribution in [-0.4, -0.2) is 17.7 Å². The van der Waals surface area contributed by atoms with Gasteiger partial charge in [0.15, 0.2) is 0 Å². The van der Waals surface area contributed by atoms with Crippen molar-refractivity contribution in [3.05, 3.63) is 29.8 Å². The summed E-state index contributed by atoms with van der Waals surface area (Å²) < 4.78 is 0. The van der Waals surface area contributed by atoms with Crippen LogP contribution in [0.3, 0.4) is 0 Å². The lowest BCUT2D eigenvalue weighted by Crippen LogP contribution is -2.26. The molecule has 0 amide bonds. The molecule has 1 aliphatic rings. The molecule has 2 heteroatoms. The first kappa shape index (κ1) is 10.5. The van der Waals surface area contributed by atoms with Crippen LogP contribution in [0.15, 0.2) is 24.3 Å². The largest absolute Gasteiger partial charge is 0.389 e. The molecule has 0 aliphatic carbocycles. The van der Waals surface area contributed by atoms with Crippen molar-refractivity contribution in [2.45, 2.75) is 38.8 Å². The first-order valence-electron chi connectivity index (χ1n) is 5.73. The van der Waals surface area contributed by atoms with E-state index >= 15 is 0 Å². The van der Waals surface area contributed by atoms with E-state index in [9.17, 15) is 5.11 Å². The normalized spacial score (nSPS) is 23.1. The van der Waals surface area contributed by atoms with Gasteiger partial charge in [0.25, 0.3) is 0 Å². The fourth-order valence-corrected chi connectivity index (χ4v) is 2.26. The lowest BCUT2D eigenvalue weighted by Gasteiger charge is -2.24. The van der Waals surface area contributed by atoms with Crippen molar-refractivity contribution in [1.29, 1.82) is 0 Å². The second-order valence-electron chi connectivity index (χ2n) is 4.45. The Kier molecular flexibility index (Phi) is 2.96. The smallest absolute Gasteiger partial charge is 0.0761 e. The van der Waals surface area contributed by atoms with Gasteiger partial charge in [-0.2, -0.15) is 0 Å². The van der Waals surface area contributed by atoms with Gasteiger partial charge in [0, 0.05) is 18.3 Å². The number of benzene rings is 1. The monoisotopic (exact) mass is 205 g/mol. The summed E-state index contributed by atoms with van der Waals surface area (Å²) in [5.74, 6) is 0. The Morgan fingerprint density at radius 3 is 2.47 bits per heavy atom. The van der Waals surface area contributed by atoms with Crippen LogP contribution in [0.1, 0.15) is 38.4 Å². The zero-order valence-electron chi connectivity index (χ0n) is 9.48. The molecule has 2 atom stereocenters. The number of nitrogens with zero attached hydrogens (tertiary/aromatic N) is 1. The molecule has 0 radical (unpaired) electrons. The molecule has 15 heavy (non-hydrogen) atoms. The molecule has 0 aromatic heterocycles. The van der Waals surface area contributed by atoms with E-state index < -0.39 is 0 Å². The maximum atomic E-state index is 9.42. The van der Waals surface area contributed by atoms with Crippen molar-refractivity contribution >= 4 is 5.69 Å². The molecule has 0 bridgehead atoms. The van der Waals surface area contributed by atoms with Crippen LogP contribution in [0.4, 0.5) is 5.69 Å². The quantitative estimate of drug-likeness (QED) is 0.802. The van der Waals surface area contributed by atoms with Gasteiger partial charge in [-0.3, -0.25) is 0 Å². The van der Waals surface area contributed by atoms with E-state index in [4.69, 9.17) is 0 Å². The fraction of sp³-hybridized carbons (Fsp3) is 0.538. The van der Waals surface area contributed by atoms with Crippen LogP contribution in [0.25, 0.3) is 0 Å². The van der Waals surface area contributed by atoms with Gasteiger partial charge in [-0.15, -0.1) is 0 Å². The Balaban J connectivity index is 2.16. The number of hydrogen-bond donors (Lipinski definition) is 1. The maximum absolute atomic E-state index is 9.42. The number of aliphatic hydroxyl groups is 1. The Hall–Kier alpha value is -1.02. The predicted molar refractivity (Wildman–Crippen MR) is 63.1 cm³/mol. The van der Waals surface area contributed by atoms with Gasteiger partial charge in [0.2, 0.25) is 0 Å². The number of hydrogen-bond acceptors (Lipinski definition) is 2. The molecule has 1 N–H and O–H groups in total. The summed E-state index contributed by atoms with van der Waals surface area (Å²) in [4.78, 5) is 2.44. The second-order valence-corrected chi connectivity index (χ2v) is 4.45. The van der Waals surface area contributed by atoms with Gasteiger partial charge < -0.3 is 10.0 Å². The third-order valence-electron chi connectivity index (χ3n) is 3.26. The molecule has 1 aromatic rings. The molecule has 1 unspecified atom stereocenters. The van der Waals surface area contributed by atoms with Gasteiger partial charge >= 0.3 is 0 Å². The minimum absolute atomic E-state index is 0.366. The Labute approximate surface area is 91.5 Å². The van der Waals surface area contributed by atoms with E-state index in [2.05, 4.69) is 24.0 Å². The molecular formula is C13H19NO.